The molecule has 5 unspecified atom stereocenters. The van der Waals surface area contributed by atoms with Gasteiger partial charge in [0.2, 0.25) is 0 Å². The lowest BCUT2D eigenvalue weighted by Crippen LogP contribution is -2.55. The van der Waals surface area contributed by atoms with Crippen LogP contribution >= 0.6 is 0 Å². The van der Waals surface area contributed by atoms with Crippen molar-refractivity contribution in [3.05, 3.63) is 0 Å². The monoisotopic (exact) mass is 191 g/mol. The van der Waals surface area contributed by atoms with Crippen molar-refractivity contribution in [2.75, 3.05) is 0 Å². The number of hydrogen-bond acceptors (Lipinski definition) is 1. The van der Waals surface area contributed by atoms with Crippen LogP contribution in [0.2, 0.25) is 0 Å². The molecule has 0 radical (unpaired) electrons. The van der Waals surface area contributed by atoms with E-state index < -0.39 is 0 Å². The number of nitrogens with one attached hydrogen (secondary N) is 1. The molecule has 14 heavy (non-hydrogen) atoms. The molecule has 1 heterocycles. The summed E-state index contributed by atoms with van der Waals surface area (Å²) in [6.45, 7) is 4.94. The molecule has 1 heteroatoms. The Balaban J connectivity index is 1.85. The highest BCUT2D eigenvalue weighted by molar-refractivity contribution is 5.26. The largest absolute Gasteiger partial charge is 0.311 e. The molecule has 1 aliphatic heterocycles. The molecular weight excluding hydrogens is 170 g/mol. The minimum absolute atomic E-state index is 0.764. The van der Waals surface area contributed by atoms with Gasteiger partial charge in [-0.2, -0.15) is 0 Å². The second kappa shape index (κ2) is 2.07. The molecule has 78 valence electrons. The first-order chi connectivity index (χ1) is 6.66. The zero-order valence-electron chi connectivity index (χ0n) is 9.34. The summed E-state index contributed by atoms with van der Waals surface area (Å²) < 4.78 is 0. The van der Waals surface area contributed by atoms with Gasteiger partial charge in [-0.1, -0.05) is 13.8 Å². The molecule has 4 rings (SSSR count). The van der Waals surface area contributed by atoms with Crippen LogP contribution in [0.15, 0.2) is 0 Å². The SMILES string of the molecule is CC(C)C12CC3CC14CC(CC4C2)N3. The lowest BCUT2D eigenvalue weighted by Gasteiger charge is -2.61. The third kappa shape index (κ3) is 0.599. The van der Waals surface area contributed by atoms with Crippen molar-refractivity contribution < 1.29 is 0 Å². The Labute approximate surface area is 86.6 Å². The quantitative estimate of drug-likeness (QED) is 0.671. The van der Waals surface area contributed by atoms with E-state index in [1.165, 1.54) is 25.7 Å². The van der Waals surface area contributed by atoms with E-state index in [9.17, 15) is 0 Å². The highest BCUT2D eigenvalue weighted by Crippen LogP contribution is 2.79. The van der Waals surface area contributed by atoms with Gasteiger partial charge in [0.1, 0.15) is 0 Å². The van der Waals surface area contributed by atoms with Crippen LogP contribution in [-0.4, -0.2) is 12.1 Å². The van der Waals surface area contributed by atoms with Gasteiger partial charge in [0, 0.05) is 12.1 Å². The van der Waals surface area contributed by atoms with Gasteiger partial charge in [0.05, 0.1) is 0 Å². The summed E-state index contributed by atoms with van der Waals surface area (Å²) in [4.78, 5) is 0. The second-order valence-corrected chi connectivity index (χ2v) is 6.78. The van der Waals surface area contributed by atoms with E-state index in [-0.39, 0.29) is 0 Å². The molecule has 0 aromatic carbocycles. The van der Waals surface area contributed by atoms with E-state index in [0.29, 0.717) is 0 Å². The molecule has 3 saturated carbocycles. The fourth-order valence-corrected chi connectivity index (χ4v) is 5.97. The highest BCUT2D eigenvalue weighted by Gasteiger charge is 2.74. The topological polar surface area (TPSA) is 12.0 Å². The van der Waals surface area contributed by atoms with E-state index in [1.807, 2.05) is 0 Å². The number of rotatable bonds is 1. The minimum Gasteiger partial charge on any atom is -0.311 e. The minimum atomic E-state index is 0.764. The van der Waals surface area contributed by atoms with Crippen molar-refractivity contribution in [2.24, 2.45) is 22.7 Å². The molecule has 3 aliphatic carbocycles. The first-order valence-corrected chi connectivity index (χ1v) is 6.42. The summed E-state index contributed by atoms with van der Waals surface area (Å²) >= 11 is 0. The molecule has 1 saturated heterocycles. The zero-order chi connectivity index (χ0) is 9.55. The fourth-order valence-electron chi connectivity index (χ4n) is 5.97. The van der Waals surface area contributed by atoms with Gasteiger partial charge < -0.3 is 5.32 Å². The maximum Gasteiger partial charge on any atom is 0.00808 e. The van der Waals surface area contributed by atoms with Crippen molar-refractivity contribution in [2.45, 2.75) is 58.0 Å². The molecule has 1 N–H and O–H groups in total. The van der Waals surface area contributed by atoms with E-state index in [4.69, 9.17) is 0 Å². The first kappa shape index (κ1) is 8.15. The Bertz CT molecular complexity index is 292. The molecule has 1 spiro atoms. The van der Waals surface area contributed by atoms with Gasteiger partial charge in [-0.3, -0.25) is 0 Å². The maximum absolute atomic E-state index is 3.87. The zero-order valence-corrected chi connectivity index (χ0v) is 9.34. The average molecular weight is 191 g/mol. The van der Waals surface area contributed by atoms with Crippen LogP contribution in [0, 0.1) is 22.7 Å². The molecule has 0 amide bonds. The Kier molecular flexibility index (Phi) is 1.20. The molecule has 3 bridgehead atoms. The van der Waals surface area contributed by atoms with Crippen LogP contribution in [0.1, 0.15) is 46.0 Å². The molecule has 0 aromatic rings. The summed E-state index contributed by atoms with van der Waals surface area (Å²) in [5.41, 5.74) is 1.59. The van der Waals surface area contributed by atoms with Crippen molar-refractivity contribution in [3.8, 4) is 0 Å². The predicted octanol–water partition coefficient (Wildman–Crippen LogP) is 2.56. The summed E-state index contributed by atoms with van der Waals surface area (Å²) in [7, 11) is 0. The standard InChI is InChI=1S/C13H21N/c1-8(2)12-4-9-3-10-5-13(9,12)7-11(6-12)14-10/h8-11,14H,3-7H2,1-2H3. The van der Waals surface area contributed by atoms with Gasteiger partial charge >= 0.3 is 0 Å². The average Bonchev–Trinajstić information content (AvgIpc) is 2.42. The van der Waals surface area contributed by atoms with Crippen LogP contribution in [-0.2, 0) is 0 Å². The van der Waals surface area contributed by atoms with Crippen molar-refractivity contribution in [1.82, 2.24) is 5.32 Å². The number of hydrogen-bond donors (Lipinski definition) is 1. The smallest absolute Gasteiger partial charge is 0.00808 e. The van der Waals surface area contributed by atoms with Gasteiger partial charge in [0.25, 0.3) is 0 Å². The first-order valence-electron chi connectivity index (χ1n) is 6.42. The third-order valence-electron chi connectivity index (χ3n) is 6.36. The van der Waals surface area contributed by atoms with E-state index >= 15 is 0 Å². The summed E-state index contributed by atoms with van der Waals surface area (Å²) in [6, 6.07) is 1.80. The predicted molar refractivity (Wildman–Crippen MR) is 57.0 cm³/mol. The third-order valence-corrected chi connectivity index (χ3v) is 6.36. The van der Waals surface area contributed by atoms with E-state index in [2.05, 4.69) is 19.2 Å². The summed E-state index contributed by atoms with van der Waals surface area (Å²) in [5, 5.41) is 3.87. The van der Waals surface area contributed by atoms with Crippen LogP contribution in [0.5, 0.6) is 0 Å². The lowest BCUT2D eigenvalue weighted by molar-refractivity contribution is -0.131. The van der Waals surface area contributed by atoms with Crippen molar-refractivity contribution in [1.29, 1.82) is 0 Å². The Morgan fingerprint density at radius 1 is 1.07 bits per heavy atom. The molecule has 1 nitrogen and oxygen atoms in total. The van der Waals surface area contributed by atoms with Gasteiger partial charge in [-0.15, -0.1) is 0 Å². The molecule has 0 aromatic heterocycles. The van der Waals surface area contributed by atoms with E-state index in [1.54, 1.807) is 6.42 Å². The van der Waals surface area contributed by atoms with Crippen LogP contribution in [0.4, 0.5) is 0 Å². The maximum atomic E-state index is 3.87. The Hall–Kier alpha value is -0.0400. The van der Waals surface area contributed by atoms with Crippen LogP contribution in [0.3, 0.4) is 0 Å². The van der Waals surface area contributed by atoms with Crippen molar-refractivity contribution >= 4 is 0 Å². The van der Waals surface area contributed by atoms with Gasteiger partial charge in [0.15, 0.2) is 0 Å². The molecule has 5 atom stereocenters. The Morgan fingerprint density at radius 3 is 2.64 bits per heavy atom. The highest BCUT2D eigenvalue weighted by atomic mass is 15.1. The van der Waals surface area contributed by atoms with Gasteiger partial charge in [-0.05, 0) is 54.8 Å². The lowest BCUT2D eigenvalue weighted by atomic mass is 9.43. The van der Waals surface area contributed by atoms with Gasteiger partial charge in [-0.25, -0.2) is 0 Å². The summed E-state index contributed by atoms with van der Waals surface area (Å²) in [5.74, 6) is 2.03. The number of fused-ring (bicyclic) bond motifs is 2. The van der Waals surface area contributed by atoms with Crippen LogP contribution < -0.4 is 5.32 Å². The van der Waals surface area contributed by atoms with E-state index in [0.717, 1.165) is 34.7 Å². The fraction of sp³-hybridized carbons (Fsp3) is 1.00. The van der Waals surface area contributed by atoms with Crippen molar-refractivity contribution in [3.63, 3.8) is 0 Å². The number of piperidine rings is 1. The normalized spacial score (nSPS) is 63.2. The Morgan fingerprint density at radius 2 is 1.86 bits per heavy atom. The second-order valence-electron chi connectivity index (χ2n) is 6.78. The van der Waals surface area contributed by atoms with Crippen LogP contribution in [0.25, 0.3) is 0 Å². The molecular formula is C13H21N. The summed E-state index contributed by atoms with van der Waals surface area (Å²) in [6.07, 6.45) is 7.61. The molecule has 4 aliphatic rings. The molecule has 4 fully saturated rings.